The van der Waals surface area contributed by atoms with E-state index in [-0.39, 0.29) is 4.28 Å². The highest BCUT2D eigenvalue weighted by atomic mass is 29.3. The summed E-state index contributed by atoms with van der Waals surface area (Å²) in [5.74, 6) is 0. The summed E-state index contributed by atoms with van der Waals surface area (Å²) >= 11 is 0. The molecule has 1 aromatic carbocycles. The van der Waals surface area contributed by atoms with E-state index in [0.29, 0.717) is 0 Å². The third kappa shape index (κ3) is 4.13. The molecule has 1 N–H and O–H groups in total. The van der Waals surface area contributed by atoms with E-state index in [9.17, 15) is 4.80 Å². The summed E-state index contributed by atoms with van der Waals surface area (Å²) in [4.78, 5) is 12.8. The topological polar surface area (TPSA) is 29.5 Å². The van der Waals surface area contributed by atoms with Crippen molar-refractivity contribution in [3.63, 3.8) is 0 Å². The molecule has 1 atom stereocenters. The Morgan fingerprint density at radius 3 is 1.35 bits per heavy atom. The van der Waals surface area contributed by atoms with Gasteiger partial charge in [-0.2, -0.15) is 0 Å². The van der Waals surface area contributed by atoms with Crippen LogP contribution < -0.4 is 0 Å². The van der Waals surface area contributed by atoms with Crippen molar-refractivity contribution in [1.82, 2.24) is 0 Å². The molecule has 0 radical (unpaired) electrons. The molecule has 0 fully saturated rings. The van der Waals surface area contributed by atoms with Gasteiger partial charge in [0.2, 0.25) is 0 Å². The van der Waals surface area contributed by atoms with Crippen LogP contribution in [0.1, 0.15) is 5.56 Å². The van der Waals surface area contributed by atoms with Crippen molar-refractivity contribution in [2.75, 3.05) is 0 Å². The highest BCUT2D eigenvalue weighted by Crippen LogP contribution is 2.51. The molecule has 0 saturated heterocycles. The molecular formula is C19H42O2Si5. The lowest BCUT2D eigenvalue weighted by atomic mass is 10.2. The molecule has 1 unspecified atom stereocenters. The van der Waals surface area contributed by atoms with Crippen LogP contribution in [0.25, 0.3) is 0 Å². The van der Waals surface area contributed by atoms with E-state index in [1.807, 2.05) is 0 Å². The maximum Gasteiger partial charge on any atom is 0.308 e. The smallest absolute Gasteiger partial charge is 0.308 e. The average molecular weight is 443 g/mol. The Balaban J connectivity index is 4.11. The molecule has 26 heavy (non-hydrogen) atoms. The van der Waals surface area contributed by atoms with Crippen molar-refractivity contribution in [3.8, 4) is 0 Å². The minimum atomic E-state index is -3.05. The van der Waals surface area contributed by atoms with E-state index in [0.717, 1.165) is 0 Å². The van der Waals surface area contributed by atoms with Gasteiger partial charge in [0.1, 0.15) is 7.59 Å². The quantitative estimate of drug-likeness (QED) is 0.531. The largest absolute Gasteiger partial charge is 0.438 e. The third-order valence-electron chi connectivity index (χ3n) is 5.44. The second kappa shape index (κ2) is 7.24. The molecule has 0 saturated carbocycles. The summed E-state index contributed by atoms with van der Waals surface area (Å²) in [5.41, 5.74) is 1.35. The van der Waals surface area contributed by atoms with Gasteiger partial charge in [0, 0.05) is 4.28 Å². The molecule has 0 aliphatic heterocycles. The van der Waals surface area contributed by atoms with Crippen LogP contribution in [0.2, 0.25) is 78.6 Å². The van der Waals surface area contributed by atoms with Gasteiger partial charge in [0.05, 0.1) is 16.1 Å². The lowest BCUT2D eigenvalue weighted by Gasteiger charge is -2.63. The maximum absolute atomic E-state index is 12.8. The van der Waals surface area contributed by atoms with Gasteiger partial charge in [0.15, 0.2) is 8.32 Å². The van der Waals surface area contributed by atoms with Crippen LogP contribution in [0.15, 0.2) is 30.3 Å². The molecule has 0 bridgehead atoms. The van der Waals surface area contributed by atoms with E-state index >= 15 is 0 Å². The first-order chi connectivity index (χ1) is 11.3. The number of benzene rings is 1. The highest BCUT2D eigenvalue weighted by molar-refractivity contribution is 7.43. The van der Waals surface area contributed by atoms with E-state index in [1.165, 1.54) is 5.56 Å². The first-order valence-corrected chi connectivity index (χ1v) is 26.6. The summed E-state index contributed by atoms with van der Waals surface area (Å²) in [5, 5.41) is 0. The number of rotatable bonds is 7. The molecule has 0 aliphatic carbocycles. The molecule has 1 rings (SSSR count). The first-order valence-electron chi connectivity index (χ1n) is 9.79. The first kappa shape index (κ1) is 24.3. The number of hydrogen-bond acceptors (Lipinski definition) is 2. The summed E-state index contributed by atoms with van der Waals surface area (Å²) in [6.45, 7) is 28.5. The van der Waals surface area contributed by atoms with Crippen LogP contribution in [0.3, 0.4) is 0 Å². The van der Waals surface area contributed by atoms with Crippen LogP contribution >= 0.6 is 0 Å². The molecule has 2 nitrogen and oxygen atoms in total. The second-order valence-corrected chi connectivity index (χ2v) is 41.8. The fourth-order valence-electron chi connectivity index (χ4n) is 5.13. The van der Waals surface area contributed by atoms with Gasteiger partial charge in [-0.05, 0) is 25.2 Å². The normalized spacial score (nSPS) is 17.1. The van der Waals surface area contributed by atoms with Crippen LogP contribution in [0.5, 0.6) is 0 Å². The Morgan fingerprint density at radius 1 is 0.692 bits per heavy atom. The van der Waals surface area contributed by atoms with Crippen molar-refractivity contribution < 1.29 is 8.91 Å². The van der Waals surface area contributed by atoms with Crippen LogP contribution in [0.4, 0.5) is 0 Å². The molecule has 150 valence electrons. The zero-order chi connectivity index (χ0) is 20.8. The maximum atomic E-state index is 12.8. The summed E-state index contributed by atoms with van der Waals surface area (Å²) < 4.78 is 6.89. The second-order valence-electron chi connectivity index (χ2n) is 11.7. The van der Waals surface area contributed by atoms with Crippen LogP contribution in [-0.4, -0.2) is 44.9 Å². The minimum absolute atomic E-state index is 0.140. The molecule has 0 heterocycles. The zero-order valence-corrected chi connectivity index (χ0v) is 24.2. The van der Waals surface area contributed by atoms with Crippen LogP contribution in [0, 0.1) is 0 Å². The summed E-state index contributed by atoms with van der Waals surface area (Å²) in [6.07, 6.45) is 0. The Bertz CT molecular complexity index is 592. The van der Waals surface area contributed by atoms with Crippen molar-refractivity contribution in [3.05, 3.63) is 35.9 Å². The summed E-state index contributed by atoms with van der Waals surface area (Å²) in [7, 11) is -10.7. The molecule has 0 spiro atoms. The minimum Gasteiger partial charge on any atom is -0.438 e. The average Bonchev–Trinajstić information content (AvgIpc) is 2.33. The molecular weight excluding hydrogens is 401 g/mol. The van der Waals surface area contributed by atoms with Gasteiger partial charge in [-0.3, -0.25) is 0 Å². The van der Waals surface area contributed by atoms with Gasteiger partial charge in [0.25, 0.3) is 0 Å². The van der Waals surface area contributed by atoms with Crippen LogP contribution in [-0.2, 0) is 8.40 Å². The summed E-state index contributed by atoms with van der Waals surface area (Å²) in [6, 6.07) is 11.0. The van der Waals surface area contributed by atoms with Gasteiger partial charge in [-0.25, -0.2) is 0 Å². The van der Waals surface area contributed by atoms with Crippen molar-refractivity contribution >= 4 is 40.1 Å². The fraction of sp³-hybridized carbons (Fsp3) is 0.684. The van der Waals surface area contributed by atoms with E-state index in [2.05, 4.69) is 109 Å². The van der Waals surface area contributed by atoms with Gasteiger partial charge >= 0.3 is 8.08 Å². The van der Waals surface area contributed by atoms with Crippen molar-refractivity contribution in [2.45, 2.75) is 82.8 Å². The van der Waals surface area contributed by atoms with E-state index in [1.54, 1.807) is 0 Å². The number of hydrogen-bond donors (Lipinski definition) is 1. The Labute approximate surface area is 167 Å². The Kier molecular flexibility index (Phi) is 6.75. The Hall–Kier alpha value is 0.224. The van der Waals surface area contributed by atoms with E-state index < -0.39 is 40.1 Å². The van der Waals surface area contributed by atoms with Gasteiger partial charge in [-0.1, -0.05) is 89.3 Å². The monoisotopic (exact) mass is 442 g/mol. The lowest BCUT2D eigenvalue weighted by molar-refractivity contribution is 0.377. The SMILES string of the molecule is C[Si](C)(C)O[Si](O)(C(c1ccccc1)([Si](C)(C)C)[Si](C)(C)C)[Si](C)(C)C. The molecule has 0 aliphatic rings. The predicted molar refractivity (Wildman–Crippen MR) is 131 cm³/mol. The third-order valence-corrected chi connectivity index (χ3v) is 38.2. The Morgan fingerprint density at radius 2 is 1.08 bits per heavy atom. The standard InChI is InChI=1S/C19H42O2Si5/c1-22(2,3)19(23(4,5)6,18-16-14-13-15-17-18)26(20,25(10,11)12)21-24(7,8)9/h13-17,20H,1-12H3. The fourth-order valence-corrected chi connectivity index (χ4v) is 55.1. The highest BCUT2D eigenvalue weighted by Gasteiger charge is 2.73. The molecule has 0 amide bonds. The van der Waals surface area contributed by atoms with E-state index in [4.69, 9.17) is 4.12 Å². The lowest BCUT2D eigenvalue weighted by Crippen LogP contribution is -2.86. The van der Waals surface area contributed by atoms with Gasteiger partial charge in [-0.15, -0.1) is 0 Å². The zero-order valence-electron chi connectivity index (χ0n) is 19.2. The predicted octanol–water partition coefficient (Wildman–Crippen LogP) is 5.92. The van der Waals surface area contributed by atoms with Crippen molar-refractivity contribution in [2.24, 2.45) is 0 Å². The molecule has 1 aromatic rings. The van der Waals surface area contributed by atoms with Crippen molar-refractivity contribution in [1.29, 1.82) is 0 Å². The molecule has 7 heteroatoms. The molecule has 0 aromatic heterocycles. The van der Waals surface area contributed by atoms with Gasteiger partial charge < -0.3 is 8.91 Å².